The van der Waals surface area contributed by atoms with Crippen molar-refractivity contribution in [2.24, 2.45) is 11.8 Å². The number of carbonyl (C=O) groups is 8. The Kier molecular flexibility index (Phi) is 17.1. The second-order valence-electron chi connectivity index (χ2n) is 18.0. The van der Waals surface area contributed by atoms with E-state index in [9.17, 15) is 38.4 Å². The zero-order valence-corrected chi connectivity index (χ0v) is 38.6. The number of alkyl carbamates (subject to hydrolysis) is 1. The number of nitrogens with one attached hydrogen (secondary N) is 5. The summed E-state index contributed by atoms with van der Waals surface area (Å²) < 4.78 is 5.60. The van der Waals surface area contributed by atoms with Crippen molar-refractivity contribution >= 4 is 47.5 Å². The van der Waals surface area contributed by atoms with Crippen LogP contribution in [-0.4, -0.2) is 125 Å². The zero-order valence-electron chi connectivity index (χ0n) is 38.6. The number of carbonyl (C=O) groups excluding carboxylic acids is 7. The van der Waals surface area contributed by atoms with Crippen molar-refractivity contribution in [2.75, 3.05) is 32.8 Å². The molecule has 3 aromatic rings. The first kappa shape index (κ1) is 49.6. The van der Waals surface area contributed by atoms with E-state index in [0.717, 1.165) is 27.8 Å². The maximum Gasteiger partial charge on any atom is 0.407 e. The van der Waals surface area contributed by atoms with Crippen LogP contribution in [0.1, 0.15) is 88.8 Å². The zero-order chi connectivity index (χ0) is 48.2. The Bertz CT molecular complexity index is 2240. The third-order valence-corrected chi connectivity index (χ3v) is 12.9. The minimum atomic E-state index is -1.22. The summed E-state index contributed by atoms with van der Waals surface area (Å²) in [7, 11) is 0. The maximum absolute atomic E-state index is 14.6. The molecule has 6 rings (SSSR count). The Morgan fingerprint density at radius 1 is 0.701 bits per heavy atom. The Balaban J connectivity index is 1.09. The number of likely N-dealkylation sites (tertiary alicyclic amines) is 2. The van der Waals surface area contributed by atoms with Crippen molar-refractivity contribution in [1.82, 2.24) is 36.4 Å². The average molecular weight is 922 g/mol. The molecule has 1 aliphatic carbocycles. The number of hydrogen-bond acceptors (Lipinski definition) is 9. The fourth-order valence-corrected chi connectivity index (χ4v) is 9.26. The average Bonchev–Trinajstić information content (AvgIpc) is 4.09. The van der Waals surface area contributed by atoms with Gasteiger partial charge in [-0.15, -0.1) is 0 Å². The highest BCUT2D eigenvalue weighted by atomic mass is 16.5. The summed E-state index contributed by atoms with van der Waals surface area (Å²) in [6.07, 6.45) is 1.73. The number of nitrogens with zero attached hydrogens (tertiary/aromatic N) is 2. The minimum absolute atomic E-state index is 0.0113. The van der Waals surface area contributed by atoms with Crippen LogP contribution in [0.15, 0.2) is 78.9 Å². The van der Waals surface area contributed by atoms with E-state index in [0.29, 0.717) is 32.1 Å². The molecule has 17 heteroatoms. The Labute approximate surface area is 391 Å². The molecular weight excluding hydrogens is 859 g/mol. The maximum atomic E-state index is 14.6. The Morgan fingerprint density at radius 2 is 1.31 bits per heavy atom. The molecule has 2 aliphatic heterocycles. The molecule has 7 amide bonds. The molecule has 67 heavy (non-hydrogen) atoms. The van der Waals surface area contributed by atoms with Gasteiger partial charge in [-0.3, -0.25) is 33.6 Å². The second kappa shape index (κ2) is 23.1. The van der Waals surface area contributed by atoms with Crippen molar-refractivity contribution < 1.29 is 48.2 Å². The first-order chi connectivity index (χ1) is 32.2. The number of hydrogen-bond donors (Lipinski definition) is 6. The molecule has 17 nitrogen and oxygen atoms in total. The van der Waals surface area contributed by atoms with Crippen LogP contribution < -0.4 is 26.6 Å². The smallest absolute Gasteiger partial charge is 0.407 e. The van der Waals surface area contributed by atoms with Crippen molar-refractivity contribution in [1.29, 1.82) is 0 Å². The van der Waals surface area contributed by atoms with Gasteiger partial charge in [0.15, 0.2) is 0 Å². The van der Waals surface area contributed by atoms with Crippen LogP contribution >= 0.6 is 0 Å². The topological polar surface area (TPSA) is 233 Å². The number of fused-ring (bicyclic) bond motifs is 3. The quantitative estimate of drug-likeness (QED) is 0.0966. The molecule has 358 valence electrons. The number of rotatable bonds is 20. The van der Waals surface area contributed by atoms with Gasteiger partial charge in [0, 0.05) is 25.4 Å². The van der Waals surface area contributed by atoms with Gasteiger partial charge >= 0.3 is 12.1 Å². The molecule has 3 aliphatic rings. The van der Waals surface area contributed by atoms with Crippen LogP contribution in [0, 0.1) is 11.8 Å². The van der Waals surface area contributed by atoms with Gasteiger partial charge in [0.1, 0.15) is 49.9 Å². The van der Waals surface area contributed by atoms with Gasteiger partial charge in [-0.2, -0.15) is 0 Å². The molecule has 0 saturated carbocycles. The molecule has 2 saturated heterocycles. The monoisotopic (exact) mass is 921 g/mol. The molecular formula is C50H63N7O10. The molecule has 2 fully saturated rings. The number of ether oxygens (including phenoxy) is 1. The molecule has 0 unspecified atom stereocenters. The molecule has 0 spiro atoms. The molecule has 0 radical (unpaired) electrons. The first-order valence-corrected chi connectivity index (χ1v) is 23.3. The highest BCUT2D eigenvalue weighted by Gasteiger charge is 2.45. The molecule has 0 aromatic heterocycles. The van der Waals surface area contributed by atoms with Gasteiger partial charge in [0.25, 0.3) is 0 Å². The van der Waals surface area contributed by atoms with Gasteiger partial charge < -0.3 is 46.2 Å². The fraction of sp³-hybridized carbons (Fsp3) is 0.480. The lowest BCUT2D eigenvalue weighted by molar-refractivity contribution is -0.148. The van der Waals surface area contributed by atoms with Gasteiger partial charge in [0.2, 0.25) is 35.4 Å². The highest BCUT2D eigenvalue weighted by Crippen LogP contribution is 2.44. The SMILES string of the molecule is CC[C@H](C)[C@H](NC(=O)[C@H](Cc1ccccc1)NC(=O)CNC(=O)OCC1c2ccccc2-c2ccccc21)C(=O)N1CCC[C@H]1C(=O)N1CCC[C@H]1C(=O)N[C@@H](CC(C)C)C(=O)NCC(=O)O. The minimum Gasteiger partial charge on any atom is -0.480 e. The summed E-state index contributed by atoms with van der Waals surface area (Å²) in [5.74, 6) is -5.12. The summed E-state index contributed by atoms with van der Waals surface area (Å²) in [4.78, 5) is 110. The van der Waals surface area contributed by atoms with Crippen molar-refractivity contribution in [3.8, 4) is 11.1 Å². The predicted octanol–water partition coefficient (Wildman–Crippen LogP) is 3.50. The third kappa shape index (κ3) is 12.6. The van der Waals surface area contributed by atoms with Gasteiger partial charge in [0.05, 0.1) is 0 Å². The summed E-state index contributed by atoms with van der Waals surface area (Å²) in [6, 6.07) is 19.9. The van der Waals surface area contributed by atoms with Crippen molar-refractivity contribution in [2.45, 2.75) is 109 Å². The predicted molar refractivity (Wildman–Crippen MR) is 248 cm³/mol. The van der Waals surface area contributed by atoms with Crippen LogP contribution in [0.3, 0.4) is 0 Å². The van der Waals surface area contributed by atoms with E-state index in [1.54, 1.807) is 12.1 Å². The van der Waals surface area contributed by atoms with E-state index in [2.05, 4.69) is 26.6 Å². The molecule has 0 bridgehead atoms. The van der Waals surface area contributed by atoms with Crippen LogP contribution in [0.2, 0.25) is 0 Å². The van der Waals surface area contributed by atoms with Gasteiger partial charge in [-0.25, -0.2) is 4.79 Å². The first-order valence-electron chi connectivity index (χ1n) is 23.3. The second-order valence-corrected chi connectivity index (χ2v) is 18.0. The van der Waals surface area contributed by atoms with E-state index >= 15 is 0 Å². The van der Waals surface area contributed by atoms with E-state index < -0.39 is 90.8 Å². The number of carboxylic acids is 1. The molecule has 6 atom stereocenters. The summed E-state index contributed by atoms with van der Waals surface area (Å²) in [5, 5.41) is 22.3. The lowest BCUT2D eigenvalue weighted by atomic mass is 9.96. The van der Waals surface area contributed by atoms with E-state index in [1.165, 1.54) is 9.80 Å². The van der Waals surface area contributed by atoms with E-state index in [4.69, 9.17) is 9.84 Å². The summed E-state index contributed by atoms with van der Waals surface area (Å²) >= 11 is 0. The standard InChI is InChI=1S/C50H63N7O10/c1-5-31(4)44(49(65)57-24-14-22-41(57)48(64)56-23-13-21-40(56)47(63)54-38(25-30(2)3)45(61)51-28-43(59)60)55-46(62)39(26-32-15-7-6-8-16-32)53-42(58)27-52-50(66)67-29-37-35-19-11-9-17-33(35)34-18-10-12-20-36(34)37/h6-12,15-20,30-31,37-41,44H,5,13-14,21-29H2,1-4H3,(H,51,61)(H,52,66)(H,53,58)(H,54,63)(H,55,62)(H,59,60)/t31-,38-,39-,40-,41-,44-/m0/s1. The van der Waals surface area contributed by atoms with E-state index in [1.807, 2.05) is 94.4 Å². The van der Waals surface area contributed by atoms with Crippen LogP contribution in [0.5, 0.6) is 0 Å². The largest absolute Gasteiger partial charge is 0.480 e. The van der Waals surface area contributed by atoms with E-state index in [-0.39, 0.29) is 50.3 Å². The Morgan fingerprint density at radius 3 is 1.94 bits per heavy atom. The van der Waals surface area contributed by atoms with Crippen molar-refractivity contribution in [3.63, 3.8) is 0 Å². The number of benzene rings is 3. The Hall–Kier alpha value is -6.78. The lowest BCUT2D eigenvalue weighted by Gasteiger charge is -2.35. The molecule has 6 N–H and O–H groups in total. The van der Waals surface area contributed by atoms with Crippen LogP contribution in [-0.2, 0) is 44.7 Å². The third-order valence-electron chi connectivity index (χ3n) is 12.9. The summed E-state index contributed by atoms with van der Waals surface area (Å²) in [6.45, 7) is 6.91. The number of carboxylic acid groups (broad SMARTS) is 1. The highest BCUT2D eigenvalue weighted by molar-refractivity contribution is 5.97. The lowest BCUT2D eigenvalue weighted by Crippen LogP contribution is -2.60. The normalized spacial score (nSPS) is 18.2. The molecule has 2 heterocycles. The van der Waals surface area contributed by atoms with Gasteiger partial charge in [-0.05, 0) is 71.8 Å². The fourth-order valence-electron chi connectivity index (χ4n) is 9.26. The summed E-state index contributed by atoms with van der Waals surface area (Å²) in [5.41, 5.74) is 4.99. The van der Waals surface area contributed by atoms with Crippen LogP contribution in [0.4, 0.5) is 4.79 Å². The van der Waals surface area contributed by atoms with Crippen LogP contribution in [0.25, 0.3) is 11.1 Å². The van der Waals surface area contributed by atoms with Crippen molar-refractivity contribution in [3.05, 3.63) is 95.6 Å². The van der Waals surface area contributed by atoms with Gasteiger partial charge in [-0.1, -0.05) is 113 Å². The number of amides is 7. The molecule has 3 aromatic carbocycles. The number of aliphatic carboxylic acids is 1.